The van der Waals surface area contributed by atoms with Crippen LogP contribution in [0.25, 0.3) is 0 Å². The molecule has 80 valence electrons. The van der Waals surface area contributed by atoms with E-state index in [-0.39, 0.29) is 6.61 Å². The van der Waals surface area contributed by atoms with Crippen LogP contribution in [0, 0.1) is 0 Å². The minimum Gasteiger partial charge on any atom is -0.467 e. The first kappa shape index (κ1) is 11.1. The molecule has 0 radical (unpaired) electrons. The summed E-state index contributed by atoms with van der Waals surface area (Å²) in [6, 6.07) is 1.57. The summed E-state index contributed by atoms with van der Waals surface area (Å²) in [5.41, 5.74) is 6.01. The molecule has 0 saturated carbocycles. The summed E-state index contributed by atoms with van der Waals surface area (Å²) >= 11 is 0. The maximum Gasteiger partial charge on any atom is 0.411 e. The van der Waals surface area contributed by atoms with Crippen molar-refractivity contribution in [3.05, 3.63) is 23.7 Å². The Kier molecular flexibility index (Phi) is 3.54. The lowest BCUT2D eigenvalue weighted by molar-refractivity contribution is -0.177. The molecular weight excluding hydrogens is 199 g/mol. The molecule has 6 heteroatoms. The van der Waals surface area contributed by atoms with Gasteiger partial charge < -0.3 is 14.9 Å². The number of hydrogen-bond donors (Lipinski definition) is 1. The van der Waals surface area contributed by atoms with Gasteiger partial charge in [0.25, 0.3) is 0 Å². The van der Waals surface area contributed by atoms with Crippen molar-refractivity contribution >= 4 is 0 Å². The molecule has 3 nitrogen and oxygen atoms in total. The Morgan fingerprint density at radius 1 is 1.43 bits per heavy atom. The molecule has 0 aliphatic heterocycles. The lowest BCUT2D eigenvalue weighted by Gasteiger charge is -2.05. The first-order valence-electron chi connectivity index (χ1n) is 3.92. The molecule has 0 saturated heterocycles. The zero-order valence-electron chi connectivity index (χ0n) is 7.30. The van der Waals surface area contributed by atoms with Crippen molar-refractivity contribution in [1.82, 2.24) is 0 Å². The minimum absolute atomic E-state index is 0.195. The molecule has 0 unspecified atom stereocenters. The molecule has 1 aromatic rings. The first-order valence-corrected chi connectivity index (χ1v) is 3.92. The molecule has 0 spiro atoms. The standard InChI is InChI=1S/C8H10F3NO2/c9-8(10,11)5-13-4-7-1-6(2-12)3-14-7/h1,3H,2,4-5,12H2. The first-order chi connectivity index (χ1) is 6.51. The van der Waals surface area contributed by atoms with Gasteiger partial charge in [0.2, 0.25) is 0 Å². The van der Waals surface area contributed by atoms with Gasteiger partial charge in [-0.25, -0.2) is 0 Å². The number of ether oxygens (including phenoxy) is 1. The summed E-state index contributed by atoms with van der Waals surface area (Å²) < 4.78 is 44.2. The quantitative estimate of drug-likeness (QED) is 0.822. The van der Waals surface area contributed by atoms with Crippen LogP contribution >= 0.6 is 0 Å². The van der Waals surface area contributed by atoms with Crippen molar-refractivity contribution in [2.45, 2.75) is 19.3 Å². The van der Waals surface area contributed by atoms with E-state index in [1.165, 1.54) is 6.26 Å². The molecule has 2 N–H and O–H groups in total. The molecule has 0 aliphatic carbocycles. The summed E-state index contributed by atoms with van der Waals surface area (Å²) in [5.74, 6) is 0.342. The van der Waals surface area contributed by atoms with E-state index < -0.39 is 12.8 Å². The van der Waals surface area contributed by atoms with Crippen LogP contribution in [0.3, 0.4) is 0 Å². The van der Waals surface area contributed by atoms with Crippen molar-refractivity contribution in [1.29, 1.82) is 0 Å². The van der Waals surface area contributed by atoms with Gasteiger partial charge in [-0.15, -0.1) is 0 Å². The number of nitrogens with two attached hydrogens (primary N) is 1. The maximum atomic E-state index is 11.7. The molecule has 14 heavy (non-hydrogen) atoms. The Morgan fingerprint density at radius 3 is 2.64 bits per heavy atom. The van der Waals surface area contributed by atoms with Crippen LogP contribution in [0.4, 0.5) is 13.2 Å². The Labute approximate surface area is 78.6 Å². The summed E-state index contributed by atoms with van der Waals surface area (Å²) in [7, 11) is 0. The van der Waals surface area contributed by atoms with E-state index in [9.17, 15) is 13.2 Å². The topological polar surface area (TPSA) is 48.4 Å². The van der Waals surface area contributed by atoms with Gasteiger partial charge in [0.05, 0.1) is 6.26 Å². The fraction of sp³-hybridized carbons (Fsp3) is 0.500. The van der Waals surface area contributed by atoms with Crippen LogP contribution in [0.2, 0.25) is 0 Å². The van der Waals surface area contributed by atoms with E-state index in [2.05, 4.69) is 4.74 Å². The highest BCUT2D eigenvalue weighted by Gasteiger charge is 2.27. The molecule has 0 atom stereocenters. The van der Waals surface area contributed by atoms with Crippen LogP contribution in [0.1, 0.15) is 11.3 Å². The average molecular weight is 209 g/mol. The molecule has 0 bridgehead atoms. The van der Waals surface area contributed by atoms with Gasteiger partial charge in [0.1, 0.15) is 19.0 Å². The normalized spacial score (nSPS) is 12.0. The lowest BCUT2D eigenvalue weighted by atomic mass is 10.3. The second-order valence-corrected chi connectivity index (χ2v) is 2.73. The number of rotatable bonds is 4. The highest BCUT2D eigenvalue weighted by molar-refractivity contribution is 5.11. The zero-order chi connectivity index (χ0) is 10.6. The van der Waals surface area contributed by atoms with Crippen LogP contribution < -0.4 is 5.73 Å². The van der Waals surface area contributed by atoms with E-state index in [0.717, 1.165) is 5.56 Å². The minimum atomic E-state index is -4.30. The second-order valence-electron chi connectivity index (χ2n) is 2.73. The molecular formula is C8H10F3NO2. The molecule has 0 amide bonds. The third kappa shape index (κ3) is 3.80. The highest BCUT2D eigenvalue weighted by Crippen LogP contribution is 2.16. The number of alkyl halides is 3. The highest BCUT2D eigenvalue weighted by atomic mass is 19.4. The predicted molar refractivity (Wildman–Crippen MR) is 42.3 cm³/mol. The third-order valence-corrected chi connectivity index (χ3v) is 1.45. The number of halogens is 3. The fourth-order valence-electron chi connectivity index (χ4n) is 0.876. The Balaban J connectivity index is 2.31. The van der Waals surface area contributed by atoms with E-state index in [0.29, 0.717) is 12.3 Å². The summed E-state index contributed by atoms with van der Waals surface area (Å²) in [5, 5.41) is 0. The molecule has 0 fully saturated rings. The average Bonchev–Trinajstić information content (AvgIpc) is 2.50. The summed E-state index contributed by atoms with van der Waals surface area (Å²) in [4.78, 5) is 0. The smallest absolute Gasteiger partial charge is 0.411 e. The summed E-state index contributed by atoms with van der Waals surface area (Å²) in [6.45, 7) is -1.17. The van der Waals surface area contributed by atoms with Crippen LogP contribution in [0.5, 0.6) is 0 Å². The van der Waals surface area contributed by atoms with Gasteiger partial charge in [-0.05, 0) is 6.07 Å². The lowest BCUT2D eigenvalue weighted by Crippen LogP contribution is -2.16. The SMILES string of the molecule is NCc1coc(COCC(F)(F)F)c1. The van der Waals surface area contributed by atoms with Gasteiger partial charge in [0, 0.05) is 12.1 Å². The Morgan fingerprint density at radius 2 is 2.14 bits per heavy atom. The van der Waals surface area contributed by atoms with E-state index in [4.69, 9.17) is 10.2 Å². The number of hydrogen-bond acceptors (Lipinski definition) is 3. The molecule has 0 aliphatic rings. The molecule has 1 rings (SSSR count). The molecule has 0 aromatic carbocycles. The fourth-order valence-corrected chi connectivity index (χ4v) is 0.876. The monoisotopic (exact) mass is 209 g/mol. The Hall–Kier alpha value is -1.01. The number of furan rings is 1. The van der Waals surface area contributed by atoms with Crippen molar-refractivity contribution < 1.29 is 22.3 Å². The third-order valence-electron chi connectivity index (χ3n) is 1.45. The second kappa shape index (κ2) is 4.47. The van der Waals surface area contributed by atoms with E-state index in [1.54, 1.807) is 6.07 Å². The summed E-state index contributed by atoms with van der Waals surface area (Å²) in [6.07, 6.45) is -2.91. The van der Waals surface area contributed by atoms with Crippen molar-refractivity contribution in [2.75, 3.05) is 6.61 Å². The Bertz CT molecular complexity index is 282. The largest absolute Gasteiger partial charge is 0.467 e. The zero-order valence-corrected chi connectivity index (χ0v) is 7.30. The maximum absolute atomic E-state index is 11.7. The van der Waals surface area contributed by atoms with Gasteiger partial charge in [-0.2, -0.15) is 13.2 Å². The van der Waals surface area contributed by atoms with Gasteiger partial charge >= 0.3 is 6.18 Å². The van der Waals surface area contributed by atoms with Crippen molar-refractivity contribution in [3.8, 4) is 0 Å². The van der Waals surface area contributed by atoms with Crippen LogP contribution in [0.15, 0.2) is 16.7 Å². The van der Waals surface area contributed by atoms with E-state index >= 15 is 0 Å². The molecule has 1 heterocycles. The van der Waals surface area contributed by atoms with Gasteiger partial charge in [0.15, 0.2) is 0 Å². The van der Waals surface area contributed by atoms with E-state index in [1.807, 2.05) is 0 Å². The van der Waals surface area contributed by atoms with Crippen LogP contribution in [-0.4, -0.2) is 12.8 Å². The van der Waals surface area contributed by atoms with Gasteiger partial charge in [-0.1, -0.05) is 0 Å². The van der Waals surface area contributed by atoms with Crippen molar-refractivity contribution in [2.24, 2.45) is 5.73 Å². The van der Waals surface area contributed by atoms with Gasteiger partial charge in [-0.3, -0.25) is 0 Å². The predicted octanol–water partition coefficient (Wildman–Crippen LogP) is 1.82. The molecule has 1 aromatic heterocycles. The van der Waals surface area contributed by atoms with Crippen LogP contribution in [-0.2, 0) is 17.9 Å². The van der Waals surface area contributed by atoms with Crippen molar-refractivity contribution in [3.63, 3.8) is 0 Å².